The molecule has 1 amide bonds. The summed E-state index contributed by atoms with van der Waals surface area (Å²) < 4.78 is 48.7. The van der Waals surface area contributed by atoms with Crippen molar-refractivity contribution in [1.29, 1.82) is 5.26 Å². The van der Waals surface area contributed by atoms with Gasteiger partial charge in [-0.15, -0.1) is 0 Å². The molecule has 0 unspecified atom stereocenters. The second kappa shape index (κ2) is 8.27. The quantitative estimate of drug-likeness (QED) is 0.625. The van der Waals surface area contributed by atoms with Crippen molar-refractivity contribution in [3.8, 4) is 17.6 Å². The van der Waals surface area contributed by atoms with E-state index in [1.807, 2.05) is 0 Å². The molecule has 140 valence electrons. The van der Waals surface area contributed by atoms with Crippen LogP contribution >= 0.6 is 0 Å². The van der Waals surface area contributed by atoms with Crippen LogP contribution in [0.5, 0.6) is 11.5 Å². The summed E-state index contributed by atoms with van der Waals surface area (Å²) >= 11 is 0. The van der Waals surface area contributed by atoms with Crippen molar-refractivity contribution in [2.24, 2.45) is 0 Å². The lowest BCUT2D eigenvalue weighted by atomic mass is 10.1. The fourth-order valence-corrected chi connectivity index (χ4v) is 2.29. The molecule has 0 heterocycles. The Hall–Kier alpha value is -3.47. The summed E-state index contributed by atoms with van der Waals surface area (Å²) in [5.74, 6) is -0.118. The first kappa shape index (κ1) is 19.8. The van der Waals surface area contributed by atoms with Gasteiger partial charge in [-0.3, -0.25) is 4.79 Å². The molecule has 0 radical (unpaired) electrons. The van der Waals surface area contributed by atoms with Gasteiger partial charge >= 0.3 is 6.18 Å². The Kier molecular flexibility index (Phi) is 6.08. The number of nitriles is 1. The molecule has 0 aliphatic rings. The highest BCUT2D eigenvalue weighted by Crippen LogP contribution is 2.32. The largest absolute Gasteiger partial charge is 0.496 e. The fourth-order valence-electron chi connectivity index (χ4n) is 2.29. The standard InChI is InChI=1S/C19H15F3N2O3/c1-26-16-7-4-8-17(27-2)15(16)9-12(11-23)18(25)24-14-6-3-5-13(10-14)19(20,21)22/h3-10H,1-2H3,(H,24,25)/b12-9+. The maximum atomic E-state index is 12.8. The molecule has 2 rings (SSSR count). The first-order chi connectivity index (χ1) is 12.8. The van der Waals surface area contributed by atoms with E-state index in [-0.39, 0.29) is 11.3 Å². The highest BCUT2D eigenvalue weighted by atomic mass is 19.4. The Morgan fingerprint density at radius 1 is 1.11 bits per heavy atom. The van der Waals surface area contributed by atoms with Gasteiger partial charge < -0.3 is 14.8 Å². The summed E-state index contributed by atoms with van der Waals surface area (Å²) in [4.78, 5) is 12.3. The van der Waals surface area contributed by atoms with Gasteiger partial charge in [0.25, 0.3) is 5.91 Å². The number of carbonyl (C=O) groups is 1. The topological polar surface area (TPSA) is 71.3 Å². The minimum absolute atomic E-state index is 0.0806. The van der Waals surface area contributed by atoms with Crippen molar-refractivity contribution >= 4 is 17.7 Å². The average Bonchev–Trinajstić information content (AvgIpc) is 2.65. The van der Waals surface area contributed by atoms with Crippen molar-refractivity contribution < 1.29 is 27.4 Å². The van der Waals surface area contributed by atoms with Crippen LogP contribution in [0.1, 0.15) is 11.1 Å². The molecule has 0 saturated carbocycles. The fraction of sp³-hybridized carbons (Fsp3) is 0.158. The third-order valence-corrected chi connectivity index (χ3v) is 3.57. The van der Waals surface area contributed by atoms with Gasteiger partial charge in [-0.2, -0.15) is 18.4 Å². The zero-order valence-corrected chi connectivity index (χ0v) is 14.4. The summed E-state index contributed by atoms with van der Waals surface area (Å²) in [6, 6.07) is 10.8. The van der Waals surface area contributed by atoms with E-state index < -0.39 is 17.6 Å². The maximum Gasteiger partial charge on any atom is 0.416 e. The van der Waals surface area contributed by atoms with Crippen molar-refractivity contribution in [2.45, 2.75) is 6.18 Å². The number of ether oxygens (including phenoxy) is 2. The minimum Gasteiger partial charge on any atom is -0.496 e. The summed E-state index contributed by atoms with van der Waals surface area (Å²) in [7, 11) is 2.84. The normalized spacial score (nSPS) is 11.5. The SMILES string of the molecule is COc1cccc(OC)c1/C=C(\C#N)C(=O)Nc1cccc(C(F)(F)F)c1. The van der Waals surface area contributed by atoms with Gasteiger partial charge in [0.1, 0.15) is 23.1 Å². The summed E-state index contributed by atoms with van der Waals surface area (Å²) in [6.07, 6.45) is -3.29. The highest BCUT2D eigenvalue weighted by Gasteiger charge is 2.30. The molecule has 0 saturated heterocycles. The van der Waals surface area contributed by atoms with Gasteiger partial charge in [0.05, 0.1) is 25.3 Å². The Bertz CT molecular complexity index is 893. The molecule has 0 aliphatic heterocycles. The van der Waals surface area contributed by atoms with E-state index in [0.717, 1.165) is 18.2 Å². The molecule has 2 aromatic rings. The molecule has 1 N–H and O–H groups in total. The molecule has 2 aromatic carbocycles. The van der Waals surface area contributed by atoms with E-state index in [2.05, 4.69) is 5.32 Å². The van der Waals surface area contributed by atoms with Crippen LogP contribution in [0.4, 0.5) is 18.9 Å². The van der Waals surface area contributed by atoms with Gasteiger partial charge in [0.15, 0.2) is 0 Å². The first-order valence-corrected chi connectivity index (χ1v) is 7.61. The van der Waals surface area contributed by atoms with Crippen LogP contribution < -0.4 is 14.8 Å². The van der Waals surface area contributed by atoms with E-state index in [9.17, 15) is 23.2 Å². The lowest BCUT2D eigenvalue weighted by Gasteiger charge is -2.11. The van der Waals surface area contributed by atoms with Gasteiger partial charge in [0.2, 0.25) is 0 Å². The number of halogens is 3. The van der Waals surface area contributed by atoms with Crippen molar-refractivity contribution in [3.63, 3.8) is 0 Å². The van der Waals surface area contributed by atoms with Crippen LogP contribution in [0.15, 0.2) is 48.0 Å². The number of hydrogen-bond donors (Lipinski definition) is 1. The molecule has 8 heteroatoms. The molecule has 0 bridgehead atoms. The number of alkyl halides is 3. The number of nitrogens with zero attached hydrogens (tertiary/aromatic N) is 1. The Morgan fingerprint density at radius 3 is 2.22 bits per heavy atom. The number of hydrogen-bond acceptors (Lipinski definition) is 4. The molecular weight excluding hydrogens is 361 g/mol. The van der Waals surface area contributed by atoms with Gasteiger partial charge in [0, 0.05) is 5.69 Å². The third-order valence-electron chi connectivity index (χ3n) is 3.57. The van der Waals surface area contributed by atoms with Crippen molar-refractivity contribution in [1.82, 2.24) is 0 Å². The van der Waals surface area contributed by atoms with Crippen LogP contribution in [-0.2, 0) is 11.0 Å². The van der Waals surface area contributed by atoms with Crippen LogP contribution in [0, 0.1) is 11.3 Å². The molecule has 0 atom stereocenters. The number of amides is 1. The molecule has 27 heavy (non-hydrogen) atoms. The Morgan fingerprint density at radius 2 is 1.70 bits per heavy atom. The van der Waals surface area contributed by atoms with E-state index in [4.69, 9.17) is 9.47 Å². The van der Waals surface area contributed by atoms with E-state index in [1.54, 1.807) is 24.3 Å². The number of rotatable bonds is 5. The van der Waals surface area contributed by atoms with Crippen LogP contribution in [0.3, 0.4) is 0 Å². The number of anilines is 1. The number of carbonyl (C=O) groups excluding carboxylic acids is 1. The lowest BCUT2D eigenvalue weighted by molar-refractivity contribution is -0.137. The predicted octanol–water partition coefficient (Wildman–Crippen LogP) is 4.27. The lowest BCUT2D eigenvalue weighted by Crippen LogP contribution is -2.14. The van der Waals surface area contributed by atoms with Crippen LogP contribution in [0.2, 0.25) is 0 Å². The second-order valence-electron chi connectivity index (χ2n) is 5.28. The van der Waals surface area contributed by atoms with E-state index >= 15 is 0 Å². The molecule has 0 fully saturated rings. The van der Waals surface area contributed by atoms with Gasteiger partial charge in [-0.25, -0.2) is 0 Å². The van der Waals surface area contributed by atoms with E-state index in [1.165, 1.54) is 26.4 Å². The van der Waals surface area contributed by atoms with Gasteiger partial charge in [-0.1, -0.05) is 12.1 Å². The Balaban J connectivity index is 2.36. The predicted molar refractivity (Wildman–Crippen MR) is 93.2 cm³/mol. The third kappa shape index (κ3) is 4.79. The monoisotopic (exact) mass is 376 g/mol. The summed E-state index contributed by atoms with van der Waals surface area (Å²) in [6.45, 7) is 0. The smallest absolute Gasteiger partial charge is 0.416 e. The highest BCUT2D eigenvalue weighted by molar-refractivity contribution is 6.10. The average molecular weight is 376 g/mol. The second-order valence-corrected chi connectivity index (χ2v) is 5.28. The first-order valence-electron chi connectivity index (χ1n) is 7.61. The number of benzene rings is 2. The van der Waals surface area contributed by atoms with Gasteiger partial charge in [-0.05, 0) is 36.4 Å². The van der Waals surface area contributed by atoms with Crippen molar-refractivity contribution in [3.05, 3.63) is 59.2 Å². The molecule has 0 spiro atoms. The maximum absolute atomic E-state index is 12.8. The molecule has 0 aromatic heterocycles. The number of methoxy groups -OCH3 is 2. The summed E-state index contributed by atoms with van der Waals surface area (Å²) in [5.41, 5.74) is -0.953. The molecule has 5 nitrogen and oxygen atoms in total. The van der Waals surface area contributed by atoms with Crippen LogP contribution in [-0.4, -0.2) is 20.1 Å². The Labute approximate surface area is 153 Å². The minimum atomic E-state index is -4.54. The number of nitrogens with one attached hydrogen (secondary N) is 1. The molecular formula is C19H15F3N2O3. The zero-order chi connectivity index (χ0) is 20.0. The molecule has 0 aliphatic carbocycles. The van der Waals surface area contributed by atoms with Crippen molar-refractivity contribution in [2.75, 3.05) is 19.5 Å². The summed E-state index contributed by atoms with van der Waals surface area (Å²) in [5, 5.41) is 11.6. The van der Waals surface area contributed by atoms with Crippen LogP contribution in [0.25, 0.3) is 6.08 Å². The van der Waals surface area contributed by atoms with E-state index in [0.29, 0.717) is 17.1 Å². The zero-order valence-electron chi connectivity index (χ0n) is 14.4.